The van der Waals surface area contributed by atoms with Gasteiger partial charge in [-0.3, -0.25) is 4.79 Å². The van der Waals surface area contributed by atoms with Gasteiger partial charge in [0.2, 0.25) is 5.91 Å². The molecule has 0 saturated carbocycles. The van der Waals surface area contributed by atoms with Crippen LogP contribution in [0.3, 0.4) is 0 Å². The molecule has 5 nitrogen and oxygen atoms in total. The maximum absolute atomic E-state index is 12.3. The van der Waals surface area contributed by atoms with Gasteiger partial charge in [-0.1, -0.05) is 6.07 Å². The number of halogens is 3. The number of nitrogens with one attached hydrogen (secondary N) is 2. The maximum atomic E-state index is 12.3. The standard InChI is InChI=1S/C14H18F2N2O3.ClH/c1-8-3-4-10(7-11(8)21-14(15)16)18-13(19)12-9(2)20-6-5-17-12;/h3-4,7,9,12,14,17H,5-6H2,1-2H3,(H,18,19);1H/t9-,12+;/m1./s1. The Balaban J connectivity index is 0.00000242. The Morgan fingerprint density at radius 1 is 1.50 bits per heavy atom. The Kier molecular flexibility index (Phi) is 6.99. The lowest BCUT2D eigenvalue weighted by atomic mass is 10.1. The number of aryl methyl sites for hydroxylation is 1. The normalized spacial score (nSPS) is 21.1. The number of rotatable bonds is 4. The quantitative estimate of drug-likeness (QED) is 0.886. The monoisotopic (exact) mass is 336 g/mol. The van der Waals surface area contributed by atoms with Crippen molar-refractivity contribution in [3.63, 3.8) is 0 Å². The topological polar surface area (TPSA) is 59.6 Å². The average molecular weight is 337 g/mol. The molecule has 0 aromatic heterocycles. The Morgan fingerprint density at radius 3 is 2.86 bits per heavy atom. The van der Waals surface area contributed by atoms with Crippen LogP contribution in [-0.2, 0) is 9.53 Å². The van der Waals surface area contributed by atoms with E-state index in [4.69, 9.17) is 4.74 Å². The molecule has 1 fully saturated rings. The van der Waals surface area contributed by atoms with E-state index in [0.29, 0.717) is 24.4 Å². The van der Waals surface area contributed by atoms with Crippen LogP contribution < -0.4 is 15.4 Å². The summed E-state index contributed by atoms with van der Waals surface area (Å²) in [6.07, 6.45) is -0.249. The van der Waals surface area contributed by atoms with Crippen molar-refractivity contribution < 1.29 is 23.0 Å². The summed E-state index contributed by atoms with van der Waals surface area (Å²) in [5.41, 5.74) is 0.974. The molecule has 0 unspecified atom stereocenters. The van der Waals surface area contributed by atoms with Crippen LogP contribution in [0, 0.1) is 6.92 Å². The molecule has 0 spiro atoms. The van der Waals surface area contributed by atoms with Crippen molar-refractivity contribution >= 4 is 24.0 Å². The summed E-state index contributed by atoms with van der Waals surface area (Å²) >= 11 is 0. The lowest BCUT2D eigenvalue weighted by Gasteiger charge is -2.29. The molecule has 2 N–H and O–H groups in total. The zero-order valence-corrected chi connectivity index (χ0v) is 13.1. The zero-order valence-electron chi connectivity index (χ0n) is 12.3. The molecule has 124 valence electrons. The van der Waals surface area contributed by atoms with Crippen molar-refractivity contribution in [3.05, 3.63) is 23.8 Å². The van der Waals surface area contributed by atoms with Gasteiger partial charge in [0, 0.05) is 18.3 Å². The van der Waals surface area contributed by atoms with E-state index >= 15 is 0 Å². The molecule has 1 aromatic rings. The van der Waals surface area contributed by atoms with E-state index in [1.165, 1.54) is 6.07 Å². The van der Waals surface area contributed by atoms with Gasteiger partial charge in [0.1, 0.15) is 11.8 Å². The molecular formula is C14H19ClF2N2O3. The number of amides is 1. The van der Waals surface area contributed by atoms with E-state index in [0.717, 1.165) is 0 Å². The summed E-state index contributed by atoms with van der Waals surface area (Å²) < 4.78 is 34.4. The second-order valence-corrected chi connectivity index (χ2v) is 4.86. The van der Waals surface area contributed by atoms with E-state index in [9.17, 15) is 13.6 Å². The Bertz CT molecular complexity index is 517. The first-order valence-electron chi connectivity index (χ1n) is 6.68. The number of morpholine rings is 1. The van der Waals surface area contributed by atoms with Gasteiger partial charge in [0.15, 0.2) is 0 Å². The summed E-state index contributed by atoms with van der Waals surface area (Å²) in [5, 5.41) is 5.74. The third-order valence-corrected chi connectivity index (χ3v) is 3.27. The second kappa shape index (κ2) is 8.26. The summed E-state index contributed by atoms with van der Waals surface area (Å²) in [5.74, 6) is -0.224. The fraction of sp³-hybridized carbons (Fsp3) is 0.500. The molecule has 1 heterocycles. The molecule has 1 amide bonds. The van der Waals surface area contributed by atoms with Crippen molar-refractivity contribution in [3.8, 4) is 5.75 Å². The first-order chi connectivity index (χ1) is 9.97. The van der Waals surface area contributed by atoms with Crippen LogP contribution in [0.15, 0.2) is 18.2 Å². The highest BCUT2D eigenvalue weighted by Crippen LogP contribution is 2.24. The lowest BCUT2D eigenvalue weighted by molar-refractivity contribution is -0.123. The SMILES string of the molecule is Cc1ccc(NC(=O)[C@H]2NCCO[C@@H]2C)cc1OC(F)F.Cl. The van der Waals surface area contributed by atoms with Crippen LogP contribution in [-0.4, -0.2) is 37.8 Å². The third kappa shape index (κ3) is 4.79. The molecule has 1 aliphatic rings. The van der Waals surface area contributed by atoms with Crippen molar-refractivity contribution in [2.45, 2.75) is 32.6 Å². The molecule has 1 saturated heterocycles. The van der Waals surface area contributed by atoms with Crippen LogP contribution >= 0.6 is 12.4 Å². The van der Waals surface area contributed by atoms with Crippen LogP contribution in [0.1, 0.15) is 12.5 Å². The van der Waals surface area contributed by atoms with E-state index in [1.54, 1.807) is 26.0 Å². The molecule has 1 aliphatic heterocycles. The highest BCUT2D eigenvalue weighted by atomic mass is 35.5. The molecule has 8 heteroatoms. The number of alkyl halides is 2. The molecule has 0 bridgehead atoms. The molecule has 22 heavy (non-hydrogen) atoms. The fourth-order valence-electron chi connectivity index (χ4n) is 2.15. The van der Waals surface area contributed by atoms with Gasteiger partial charge in [0.25, 0.3) is 0 Å². The van der Waals surface area contributed by atoms with Gasteiger partial charge in [-0.25, -0.2) is 0 Å². The van der Waals surface area contributed by atoms with Gasteiger partial charge in [-0.15, -0.1) is 12.4 Å². The van der Waals surface area contributed by atoms with Gasteiger partial charge in [-0.05, 0) is 25.5 Å². The molecule has 1 aromatic carbocycles. The summed E-state index contributed by atoms with van der Waals surface area (Å²) in [7, 11) is 0. The van der Waals surface area contributed by atoms with Crippen molar-refractivity contribution in [1.82, 2.24) is 5.32 Å². The van der Waals surface area contributed by atoms with Crippen molar-refractivity contribution in [2.24, 2.45) is 0 Å². The predicted molar refractivity (Wildman–Crippen MR) is 80.9 cm³/mol. The maximum Gasteiger partial charge on any atom is 0.387 e. The number of carbonyl (C=O) groups excluding carboxylic acids is 1. The van der Waals surface area contributed by atoms with Gasteiger partial charge < -0.3 is 20.1 Å². The zero-order chi connectivity index (χ0) is 15.4. The van der Waals surface area contributed by atoms with Crippen molar-refractivity contribution in [1.29, 1.82) is 0 Å². The van der Waals surface area contributed by atoms with Crippen LogP contribution in [0.2, 0.25) is 0 Å². The Hall–Kier alpha value is -1.44. The van der Waals surface area contributed by atoms with E-state index in [-0.39, 0.29) is 30.2 Å². The number of benzene rings is 1. The largest absolute Gasteiger partial charge is 0.434 e. The number of carbonyl (C=O) groups is 1. The first-order valence-corrected chi connectivity index (χ1v) is 6.68. The lowest BCUT2D eigenvalue weighted by Crippen LogP contribution is -2.53. The number of ether oxygens (including phenoxy) is 2. The molecular weight excluding hydrogens is 318 g/mol. The van der Waals surface area contributed by atoms with E-state index in [2.05, 4.69) is 15.4 Å². The minimum Gasteiger partial charge on any atom is -0.434 e. The highest BCUT2D eigenvalue weighted by Gasteiger charge is 2.28. The van der Waals surface area contributed by atoms with Gasteiger partial charge >= 0.3 is 6.61 Å². The smallest absolute Gasteiger partial charge is 0.387 e. The molecule has 0 radical (unpaired) electrons. The molecule has 2 atom stereocenters. The van der Waals surface area contributed by atoms with Crippen LogP contribution in [0.4, 0.5) is 14.5 Å². The molecule has 0 aliphatic carbocycles. The third-order valence-electron chi connectivity index (χ3n) is 3.27. The highest BCUT2D eigenvalue weighted by molar-refractivity contribution is 5.95. The number of hydrogen-bond acceptors (Lipinski definition) is 4. The van der Waals surface area contributed by atoms with Crippen molar-refractivity contribution in [2.75, 3.05) is 18.5 Å². The minimum atomic E-state index is -2.90. The number of anilines is 1. The van der Waals surface area contributed by atoms with E-state index in [1.807, 2.05) is 0 Å². The van der Waals surface area contributed by atoms with Crippen LogP contribution in [0.5, 0.6) is 5.75 Å². The number of hydrogen-bond donors (Lipinski definition) is 2. The Labute approximate surface area is 133 Å². The van der Waals surface area contributed by atoms with E-state index < -0.39 is 12.7 Å². The predicted octanol–water partition coefficient (Wildman–Crippen LogP) is 2.33. The summed E-state index contributed by atoms with van der Waals surface area (Å²) in [6.45, 7) is 1.71. The minimum absolute atomic E-state index is 0. The summed E-state index contributed by atoms with van der Waals surface area (Å²) in [4.78, 5) is 12.2. The van der Waals surface area contributed by atoms with Gasteiger partial charge in [-0.2, -0.15) is 8.78 Å². The second-order valence-electron chi connectivity index (χ2n) is 4.86. The average Bonchev–Trinajstić information content (AvgIpc) is 2.42. The fourth-order valence-corrected chi connectivity index (χ4v) is 2.15. The Morgan fingerprint density at radius 2 is 2.23 bits per heavy atom. The molecule has 2 rings (SSSR count). The van der Waals surface area contributed by atoms with Crippen LogP contribution in [0.25, 0.3) is 0 Å². The first kappa shape index (κ1) is 18.6. The summed E-state index contributed by atoms with van der Waals surface area (Å²) in [6, 6.07) is 4.16. The van der Waals surface area contributed by atoms with Gasteiger partial charge in [0.05, 0.1) is 12.7 Å².